The smallest absolute Gasteiger partial charge is 0.308 e. The maximum Gasteiger partial charge on any atom is 0.308 e. The molecule has 5 heteroatoms. The van der Waals surface area contributed by atoms with Gasteiger partial charge < -0.3 is 14.6 Å². The molecule has 0 aliphatic rings. The molecular weight excluding hydrogens is 236 g/mol. The van der Waals surface area contributed by atoms with Crippen molar-refractivity contribution in [3.05, 3.63) is 0 Å². The summed E-state index contributed by atoms with van der Waals surface area (Å²) in [7, 11) is 0. The summed E-state index contributed by atoms with van der Waals surface area (Å²) in [6.07, 6.45) is 1.87. The third-order valence-electron chi connectivity index (χ3n) is 2.80. The first-order valence-electron chi connectivity index (χ1n) is 6.50. The van der Waals surface area contributed by atoms with Crippen LogP contribution in [0.1, 0.15) is 40.0 Å². The molecule has 0 amide bonds. The van der Waals surface area contributed by atoms with Crippen LogP contribution in [0.5, 0.6) is 0 Å². The Hall–Kier alpha value is -1.10. The lowest BCUT2D eigenvalue weighted by Crippen LogP contribution is -2.21. The highest BCUT2D eigenvalue weighted by atomic mass is 16.5. The van der Waals surface area contributed by atoms with Crippen molar-refractivity contribution < 1.29 is 24.2 Å². The lowest BCUT2D eigenvalue weighted by Gasteiger charge is -2.16. The second-order valence-corrected chi connectivity index (χ2v) is 4.23. The number of carbonyl (C=O) groups is 2. The highest BCUT2D eigenvalue weighted by molar-refractivity contribution is 5.73. The standard InChI is InChI=1S/C13H24O5/c1-4-11(13(16)18-9-8-14)7-6-10(3)12(15)17-5-2/h10-11,14H,4-9H2,1-3H3. The third kappa shape index (κ3) is 6.59. The highest BCUT2D eigenvalue weighted by Gasteiger charge is 2.21. The molecule has 0 saturated heterocycles. The number of hydrogen-bond acceptors (Lipinski definition) is 5. The maximum atomic E-state index is 11.6. The largest absolute Gasteiger partial charge is 0.466 e. The number of esters is 2. The lowest BCUT2D eigenvalue weighted by molar-refractivity contribution is -0.152. The molecule has 0 rings (SSSR count). The van der Waals surface area contributed by atoms with Crippen molar-refractivity contribution in [1.29, 1.82) is 0 Å². The van der Waals surface area contributed by atoms with E-state index in [4.69, 9.17) is 14.6 Å². The minimum Gasteiger partial charge on any atom is -0.466 e. The fourth-order valence-corrected chi connectivity index (χ4v) is 1.61. The van der Waals surface area contributed by atoms with E-state index in [2.05, 4.69) is 0 Å². The third-order valence-corrected chi connectivity index (χ3v) is 2.80. The molecule has 5 nitrogen and oxygen atoms in total. The normalized spacial score (nSPS) is 13.8. The molecule has 0 saturated carbocycles. The number of ether oxygens (including phenoxy) is 2. The van der Waals surface area contributed by atoms with Gasteiger partial charge in [0.05, 0.1) is 25.0 Å². The van der Waals surface area contributed by atoms with Gasteiger partial charge in [0.2, 0.25) is 0 Å². The highest BCUT2D eigenvalue weighted by Crippen LogP contribution is 2.18. The summed E-state index contributed by atoms with van der Waals surface area (Å²) < 4.78 is 9.79. The van der Waals surface area contributed by atoms with Gasteiger partial charge in [-0.3, -0.25) is 9.59 Å². The van der Waals surface area contributed by atoms with E-state index in [1.807, 2.05) is 6.92 Å². The first-order chi connectivity index (χ1) is 8.56. The Morgan fingerprint density at radius 1 is 1.11 bits per heavy atom. The first kappa shape index (κ1) is 16.9. The molecule has 106 valence electrons. The van der Waals surface area contributed by atoms with Gasteiger partial charge in [0.25, 0.3) is 0 Å². The molecule has 0 radical (unpaired) electrons. The van der Waals surface area contributed by atoms with Crippen molar-refractivity contribution in [3.63, 3.8) is 0 Å². The van der Waals surface area contributed by atoms with Gasteiger partial charge in [-0.2, -0.15) is 0 Å². The summed E-state index contributed by atoms with van der Waals surface area (Å²) in [4.78, 5) is 23.0. The molecular formula is C13H24O5. The molecule has 1 N–H and O–H groups in total. The molecule has 0 bridgehead atoms. The number of rotatable bonds is 9. The Morgan fingerprint density at radius 3 is 2.28 bits per heavy atom. The van der Waals surface area contributed by atoms with Crippen LogP contribution in [0.15, 0.2) is 0 Å². The fourth-order valence-electron chi connectivity index (χ4n) is 1.61. The number of aliphatic hydroxyl groups is 1. The van der Waals surface area contributed by atoms with Crippen molar-refractivity contribution in [1.82, 2.24) is 0 Å². The Balaban J connectivity index is 4.06. The predicted octanol–water partition coefficient (Wildman–Crippen LogP) is 1.53. The Bertz CT molecular complexity index is 252. The minimum atomic E-state index is -0.303. The van der Waals surface area contributed by atoms with Crippen LogP contribution in [-0.4, -0.2) is 36.9 Å². The van der Waals surface area contributed by atoms with Crippen LogP contribution >= 0.6 is 0 Å². The van der Waals surface area contributed by atoms with Crippen molar-refractivity contribution in [3.8, 4) is 0 Å². The van der Waals surface area contributed by atoms with Crippen LogP contribution < -0.4 is 0 Å². The second-order valence-electron chi connectivity index (χ2n) is 4.23. The number of hydrogen-bond donors (Lipinski definition) is 1. The maximum absolute atomic E-state index is 11.6. The van der Waals surface area contributed by atoms with Gasteiger partial charge in [-0.1, -0.05) is 13.8 Å². The van der Waals surface area contributed by atoms with Crippen molar-refractivity contribution in [2.45, 2.75) is 40.0 Å². The molecule has 0 aliphatic heterocycles. The molecule has 2 atom stereocenters. The van der Waals surface area contributed by atoms with Crippen molar-refractivity contribution in [2.75, 3.05) is 19.8 Å². The predicted molar refractivity (Wildman–Crippen MR) is 66.9 cm³/mol. The summed E-state index contributed by atoms with van der Waals surface area (Å²) in [5, 5.41) is 8.58. The van der Waals surface area contributed by atoms with Gasteiger partial charge in [0, 0.05) is 0 Å². The molecule has 2 unspecified atom stereocenters. The van der Waals surface area contributed by atoms with Gasteiger partial charge >= 0.3 is 11.9 Å². The SMILES string of the molecule is CCOC(=O)C(C)CCC(CC)C(=O)OCCO. The quantitative estimate of drug-likeness (QED) is 0.636. The van der Waals surface area contributed by atoms with Gasteiger partial charge in [-0.05, 0) is 26.2 Å². The summed E-state index contributed by atoms with van der Waals surface area (Å²) in [6, 6.07) is 0. The zero-order valence-corrected chi connectivity index (χ0v) is 11.5. The van der Waals surface area contributed by atoms with E-state index in [0.717, 1.165) is 0 Å². The Kier molecular flexibility index (Phi) is 9.28. The molecule has 0 heterocycles. The monoisotopic (exact) mass is 260 g/mol. The van der Waals surface area contributed by atoms with E-state index in [9.17, 15) is 9.59 Å². The average Bonchev–Trinajstić information content (AvgIpc) is 2.36. The van der Waals surface area contributed by atoms with Crippen LogP contribution in [-0.2, 0) is 19.1 Å². The lowest BCUT2D eigenvalue weighted by atomic mass is 9.95. The summed E-state index contributed by atoms with van der Waals surface area (Å²) in [5.41, 5.74) is 0. The first-order valence-corrected chi connectivity index (χ1v) is 6.50. The zero-order valence-electron chi connectivity index (χ0n) is 11.5. The van der Waals surface area contributed by atoms with Crippen LogP contribution in [0.4, 0.5) is 0 Å². The van der Waals surface area contributed by atoms with E-state index in [-0.39, 0.29) is 37.0 Å². The topological polar surface area (TPSA) is 72.8 Å². The van der Waals surface area contributed by atoms with Gasteiger partial charge in [0.15, 0.2) is 0 Å². The van der Waals surface area contributed by atoms with Crippen molar-refractivity contribution >= 4 is 11.9 Å². The van der Waals surface area contributed by atoms with Crippen LogP contribution in [0, 0.1) is 11.8 Å². The van der Waals surface area contributed by atoms with Crippen LogP contribution in [0.3, 0.4) is 0 Å². The van der Waals surface area contributed by atoms with Gasteiger partial charge in [-0.25, -0.2) is 0 Å². The summed E-state index contributed by atoms with van der Waals surface area (Å²) >= 11 is 0. The van der Waals surface area contributed by atoms with E-state index < -0.39 is 0 Å². The fraction of sp³-hybridized carbons (Fsp3) is 0.846. The molecule has 0 aromatic heterocycles. The summed E-state index contributed by atoms with van der Waals surface area (Å²) in [6.45, 7) is 5.71. The minimum absolute atomic E-state index is 0.0305. The van der Waals surface area contributed by atoms with Crippen LogP contribution in [0.2, 0.25) is 0 Å². The van der Waals surface area contributed by atoms with Gasteiger partial charge in [0.1, 0.15) is 6.61 Å². The molecule has 18 heavy (non-hydrogen) atoms. The number of carbonyl (C=O) groups excluding carboxylic acids is 2. The Labute approximate surface area is 108 Å². The summed E-state index contributed by atoms with van der Waals surface area (Å²) in [5.74, 6) is -0.947. The Morgan fingerprint density at radius 2 is 1.78 bits per heavy atom. The van der Waals surface area contributed by atoms with E-state index >= 15 is 0 Å². The second kappa shape index (κ2) is 9.88. The van der Waals surface area contributed by atoms with Gasteiger partial charge in [-0.15, -0.1) is 0 Å². The molecule has 0 spiro atoms. The average molecular weight is 260 g/mol. The molecule has 0 fully saturated rings. The van der Waals surface area contributed by atoms with E-state index in [0.29, 0.717) is 25.9 Å². The van der Waals surface area contributed by atoms with Crippen LogP contribution in [0.25, 0.3) is 0 Å². The van der Waals surface area contributed by atoms with E-state index in [1.165, 1.54) is 0 Å². The molecule has 0 aromatic rings. The van der Waals surface area contributed by atoms with Crippen molar-refractivity contribution in [2.24, 2.45) is 11.8 Å². The number of aliphatic hydroxyl groups excluding tert-OH is 1. The molecule has 0 aromatic carbocycles. The molecule has 0 aliphatic carbocycles. The zero-order chi connectivity index (χ0) is 14.0. The van der Waals surface area contributed by atoms with E-state index in [1.54, 1.807) is 13.8 Å².